The lowest BCUT2D eigenvalue weighted by molar-refractivity contribution is 0.0914. The minimum atomic E-state index is -0.411. The summed E-state index contributed by atoms with van der Waals surface area (Å²) in [6.07, 6.45) is -0.284. The zero-order valence-electron chi connectivity index (χ0n) is 15.1. The molecule has 0 spiro atoms. The van der Waals surface area contributed by atoms with Crippen molar-refractivity contribution >= 4 is 36.0 Å². The Hall–Kier alpha value is -1.62. The van der Waals surface area contributed by atoms with Crippen molar-refractivity contribution < 1.29 is 19.0 Å². The predicted octanol–water partition coefficient (Wildman–Crippen LogP) is 1.79. The molecule has 1 saturated heterocycles. The number of carbonyl (C=O) groups is 1. The number of hydrogen-bond donors (Lipinski definition) is 2. The third-order valence-corrected chi connectivity index (χ3v) is 4.05. The monoisotopic (exact) mass is 480 g/mol. The number of hydrogen-bond acceptors (Lipinski definition) is 4. The summed E-state index contributed by atoms with van der Waals surface area (Å²) in [5, 5.41) is 12.4. The van der Waals surface area contributed by atoms with Gasteiger partial charge in [-0.2, -0.15) is 0 Å². The summed E-state index contributed by atoms with van der Waals surface area (Å²) in [6, 6.07) is 4.66. The number of rotatable bonds is 4. The number of nitrogens with one attached hydrogen (secondary N) is 1. The van der Waals surface area contributed by atoms with Gasteiger partial charge in [-0.1, -0.05) is 6.07 Å². The van der Waals surface area contributed by atoms with Gasteiger partial charge in [0.25, 0.3) is 0 Å². The quantitative estimate of drug-likeness (QED) is 0.391. The summed E-state index contributed by atoms with van der Waals surface area (Å²) >= 11 is 0. The Morgan fingerprint density at radius 2 is 1.96 bits per heavy atom. The fourth-order valence-electron chi connectivity index (χ4n) is 2.69. The number of aliphatic hydroxyl groups excluding tert-OH is 1. The molecular weight excluding hydrogens is 454 g/mol. The number of piperazine rings is 1. The summed E-state index contributed by atoms with van der Waals surface area (Å²) in [6.45, 7) is 4.76. The third kappa shape index (κ3) is 5.97. The Labute approximate surface area is 170 Å². The van der Waals surface area contributed by atoms with Crippen molar-refractivity contribution in [1.29, 1.82) is 0 Å². The van der Waals surface area contributed by atoms with E-state index in [9.17, 15) is 9.18 Å². The first kappa shape index (κ1) is 22.4. The van der Waals surface area contributed by atoms with Crippen LogP contribution in [0.15, 0.2) is 23.2 Å². The fourth-order valence-corrected chi connectivity index (χ4v) is 2.69. The molecule has 1 aliphatic rings. The van der Waals surface area contributed by atoms with Crippen molar-refractivity contribution in [2.75, 3.05) is 39.8 Å². The number of guanidine groups is 1. The maximum atomic E-state index is 13.4. The van der Waals surface area contributed by atoms with Crippen molar-refractivity contribution in [2.45, 2.75) is 20.1 Å². The lowest BCUT2D eigenvalue weighted by atomic mass is 10.1. The van der Waals surface area contributed by atoms with Gasteiger partial charge in [-0.15, -0.1) is 24.0 Å². The Kier molecular flexibility index (Phi) is 9.63. The van der Waals surface area contributed by atoms with Crippen LogP contribution in [0.1, 0.15) is 18.1 Å². The van der Waals surface area contributed by atoms with Gasteiger partial charge in [0, 0.05) is 45.3 Å². The largest absolute Gasteiger partial charge is 0.450 e. The number of aliphatic hydroxyl groups is 1. The van der Waals surface area contributed by atoms with Crippen LogP contribution < -0.4 is 5.32 Å². The van der Waals surface area contributed by atoms with Crippen LogP contribution in [-0.2, 0) is 17.9 Å². The first-order chi connectivity index (χ1) is 12.1. The third-order valence-electron chi connectivity index (χ3n) is 4.05. The van der Waals surface area contributed by atoms with Crippen LogP contribution in [-0.4, -0.2) is 66.8 Å². The highest BCUT2D eigenvalue weighted by Gasteiger charge is 2.23. The number of ether oxygens (including phenoxy) is 1. The number of nitrogens with zero attached hydrogens (tertiary/aromatic N) is 3. The molecule has 0 aliphatic carbocycles. The summed E-state index contributed by atoms with van der Waals surface area (Å²) in [5.74, 6) is 0.309. The van der Waals surface area contributed by atoms with Gasteiger partial charge < -0.3 is 25.0 Å². The molecule has 1 amide bonds. The van der Waals surface area contributed by atoms with Crippen LogP contribution in [0.3, 0.4) is 0 Å². The number of benzene rings is 1. The number of aliphatic imine (C=N–C) groups is 1. The highest BCUT2D eigenvalue weighted by molar-refractivity contribution is 14.0. The summed E-state index contributed by atoms with van der Waals surface area (Å²) in [7, 11) is 1.70. The van der Waals surface area contributed by atoms with Crippen LogP contribution in [0, 0.1) is 5.82 Å². The average molecular weight is 480 g/mol. The molecule has 9 heteroatoms. The van der Waals surface area contributed by atoms with Gasteiger partial charge in [0.15, 0.2) is 5.96 Å². The molecule has 0 aromatic heterocycles. The second-order valence-electron chi connectivity index (χ2n) is 5.66. The molecule has 1 aromatic rings. The van der Waals surface area contributed by atoms with Gasteiger partial charge in [-0.05, 0) is 24.6 Å². The molecule has 26 heavy (non-hydrogen) atoms. The second kappa shape index (κ2) is 11.2. The van der Waals surface area contributed by atoms with E-state index in [0.717, 1.165) is 11.5 Å². The van der Waals surface area contributed by atoms with Crippen molar-refractivity contribution in [3.63, 3.8) is 0 Å². The normalized spacial score (nSPS) is 14.7. The first-order valence-electron chi connectivity index (χ1n) is 8.34. The Morgan fingerprint density at radius 3 is 2.54 bits per heavy atom. The van der Waals surface area contributed by atoms with Crippen molar-refractivity contribution in [3.8, 4) is 0 Å². The van der Waals surface area contributed by atoms with Crippen molar-refractivity contribution in [3.05, 3.63) is 35.1 Å². The standard InChI is InChI=1S/C17H25FN4O3.HI/c1-3-25-17(24)22-8-6-21(7-9-22)16(19-2)20-11-13-4-5-15(18)14(10-13)12-23;/h4-5,10,23H,3,6-9,11-12H2,1-2H3,(H,19,20);1H. The van der Waals surface area contributed by atoms with Gasteiger partial charge >= 0.3 is 6.09 Å². The van der Waals surface area contributed by atoms with Crippen LogP contribution in [0.25, 0.3) is 0 Å². The van der Waals surface area contributed by atoms with Crippen LogP contribution >= 0.6 is 24.0 Å². The molecule has 1 fully saturated rings. The van der Waals surface area contributed by atoms with Gasteiger partial charge in [-0.3, -0.25) is 4.99 Å². The van der Waals surface area contributed by atoms with Crippen LogP contribution in [0.2, 0.25) is 0 Å². The van der Waals surface area contributed by atoms with E-state index in [0.29, 0.717) is 39.3 Å². The van der Waals surface area contributed by atoms with Crippen LogP contribution in [0.4, 0.5) is 9.18 Å². The van der Waals surface area contributed by atoms with E-state index in [-0.39, 0.29) is 42.2 Å². The molecule has 0 bridgehead atoms. The lowest BCUT2D eigenvalue weighted by Crippen LogP contribution is -2.53. The van der Waals surface area contributed by atoms with Gasteiger partial charge in [0.05, 0.1) is 13.2 Å². The number of halogens is 2. The van der Waals surface area contributed by atoms with Crippen molar-refractivity contribution in [2.24, 2.45) is 4.99 Å². The van der Waals surface area contributed by atoms with Gasteiger partial charge in [-0.25, -0.2) is 9.18 Å². The fraction of sp³-hybridized carbons (Fsp3) is 0.529. The van der Waals surface area contributed by atoms with E-state index >= 15 is 0 Å². The highest BCUT2D eigenvalue weighted by Crippen LogP contribution is 2.11. The molecule has 0 saturated carbocycles. The lowest BCUT2D eigenvalue weighted by Gasteiger charge is -2.35. The maximum Gasteiger partial charge on any atom is 0.409 e. The summed E-state index contributed by atoms with van der Waals surface area (Å²) in [4.78, 5) is 19.7. The number of amides is 1. The zero-order chi connectivity index (χ0) is 18.2. The molecule has 0 atom stereocenters. The second-order valence-corrected chi connectivity index (χ2v) is 5.66. The molecule has 1 aromatic carbocycles. The molecule has 2 N–H and O–H groups in total. The maximum absolute atomic E-state index is 13.4. The zero-order valence-corrected chi connectivity index (χ0v) is 17.4. The molecule has 7 nitrogen and oxygen atoms in total. The number of carbonyl (C=O) groups excluding carboxylic acids is 1. The molecule has 1 heterocycles. The molecule has 2 rings (SSSR count). The van der Waals surface area contributed by atoms with E-state index in [4.69, 9.17) is 9.84 Å². The van der Waals surface area contributed by atoms with E-state index in [1.54, 1.807) is 31.0 Å². The van der Waals surface area contributed by atoms with E-state index in [2.05, 4.69) is 15.2 Å². The van der Waals surface area contributed by atoms with Gasteiger partial charge in [0.2, 0.25) is 0 Å². The average Bonchev–Trinajstić information content (AvgIpc) is 2.64. The van der Waals surface area contributed by atoms with Crippen LogP contribution in [0.5, 0.6) is 0 Å². The molecule has 1 aliphatic heterocycles. The molecule has 0 unspecified atom stereocenters. The molecule has 0 radical (unpaired) electrons. The van der Waals surface area contributed by atoms with Gasteiger partial charge in [0.1, 0.15) is 5.82 Å². The summed E-state index contributed by atoms with van der Waals surface area (Å²) in [5.41, 5.74) is 1.13. The summed E-state index contributed by atoms with van der Waals surface area (Å²) < 4.78 is 18.4. The Balaban J connectivity index is 0.00000338. The highest BCUT2D eigenvalue weighted by atomic mass is 127. The molecular formula is C17H26FIN4O3. The van der Waals surface area contributed by atoms with Crippen molar-refractivity contribution in [1.82, 2.24) is 15.1 Å². The SMILES string of the molecule is CCOC(=O)N1CCN(C(=NC)NCc2ccc(F)c(CO)c2)CC1.I. The van der Waals surface area contributed by atoms with E-state index < -0.39 is 5.82 Å². The Morgan fingerprint density at radius 1 is 1.31 bits per heavy atom. The van der Waals surface area contributed by atoms with E-state index in [1.807, 2.05) is 0 Å². The smallest absolute Gasteiger partial charge is 0.409 e. The molecule has 146 valence electrons. The first-order valence-corrected chi connectivity index (χ1v) is 8.34. The minimum absolute atomic E-state index is 0. The topological polar surface area (TPSA) is 77.4 Å². The minimum Gasteiger partial charge on any atom is -0.450 e. The predicted molar refractivity (Wildman–Crippen MR) is 108 cm³/mol. The van der Waals surface area contributed by atoms with E-state index in [1.165, 1.54) is 6.07 Å². The Bertz CT molecular complexity index is 622.